The number of carboxylic acids is 1. The third kappa shape index (κ3) is 10.5. The molecule has 0 bridgehead atoms. The number of hydrogen-bond acceptors (Lipinski definition) is 7. The van der Waals surface area contributed by atoms with E-state index in [1.807, 2.05) is 30.3 Å². The number of sulfonamides is 1. The maximum Gasteiger partial charge on any atom is 0.490 e. The van der Waals surface area contributed by atoms with E-state index >= 15 is 0 Å². The van der Waals surface area contributed by atoms with Crippen LogP contribution in [0.15, 0.2) is 73.1 Å². The van der Waals surface area contributed by atoms with Crippen LogP contribution in [-0.2, 0) is 21.2 Å². The predicted molar refractivity (Wildman–Crippen MR) is 130 cm³/mol. The quantitative estimate of drug-likeness (QED) is 0.259. The number of aromatic nitrogens is 1. The third-order valence-corrected chi connectivity index (χ3v) is 5.48. The molecule has 13 heteroatoms. The van der Waals surface area contributed by atoms with Crippen LogP contribution in [0.1, 0.15) is 28.8 Å². The molecule has 9 nitrogen and oxygen atoms in total. The highest BCUT2D eigenvalue weighted by atomic mass is 32.2. The highest BCUT2D eigenvalue weighted by molar-refractivity contribution is 7.92. The number of benzene rings is 2. The van der Waals surface area contributed by atoms with Crippen molar-refractivity contribution in [3.05, 3.63) is 89.7 Å². The lowest BCUT2D eigenvalue weighted by Crippen LogP contribution is -2.28. The van der Waals surface area contributed by atoms with Crippen molar-refractivity contribution in [3.63, 3.8) is 0 Å². The molecule has 2 aromatic carbocycles. The topological polar surface area (TPSA) is 149 Å². The van der Waals surface area contributed by atoms with Gasteiger partial charge in [0.1, 0.15) is 5.75 Å². The van der Waals surface area contributed by atoms with Gasteiger partial charge in [0.25, 0.3) is 0 Å². The molecule has 5 N–H and O–H groups in total. The summed E-state index contributed by atoms with van der Waals surface area (Å²) in [6, 6.07) is 18.2. The van der Waals surface area contributed by atoms with Crippen LogP contribution in [0, 0.1) is 0 Å². The number of nitrogens with one attached hydrogen (secondary N) is 2. The van der Waals surface area contributed by atoms with E-state index in [2.05, 4.69) is 27.2 Å². The Bertz CT molecular complexity index is 1260. The van der Waals surface area contributed by atoms with E-state index in [1.165, 1.54) is 12.1 Å². The number of aliphatic hydroxyl groups is 1. The van der Waals surface area contributed by atoms with Gasteiger partial charge < -0.3 is 20.6 Å². The van der Waals surface area contributed by atoms with Crippen molar-refractivity contribution in [1.82, 2.24) is 10.3 Å². The molecule has 0 amide bonds. The van der Waals surface area contributed by atoms with Gasteiger partial charge in [0.2, 0.25) is 10.0 Å². The molecule has 0 saturated carbocycles. The number of nitrogens with zero attached hydrogens (tertiary/aromatic N) is 1. The monoisotopic (exact) mass is 541 g/mol. The van der Waals surface area contributed by atoms with Crippen molar-refractivity contribution in [1.29, 1.82) is 0 Å². The lowest BCUT2D eigenvalue weighted by Gasteiger charge is -2.22. The lowest BCUT2D eigenvalue weighted by atomic mass is 9.99. The van der Waals surface area contributed by atoms with Crippen molar-refractivity contribution < 1.29 is 41.7 Å². The maximum atomic E-state index is 11.5. The smallest absolute Gasteiger partial charge is 0.490 e. The molecular formula is C24H26F3N3O6S. The number of aliphatic hydroxyl groups excluding tert-OH is 1. The number of carbonyl (C=O) groups is 1. The Labute approximate surface area is 211 Å². The van der Waals surface area contributed by atoms with Crippen LogP contribution >= 0.6 is 0 Å². The molecular weight excluding hydrogens is 515 g/mol. The van der Waals surface area contributed by atoms with Crippen molar-refractivity contribution >= 4 is 21.7 Å². The van der Waals surface area contributed by atoms with Gasteiger partial charge in [0.15, 0.2) is 0 Å². The van der Waals surface area contributed by atoms with E-state index in [1.54, 1.807) is 18.5 Å². The zero-order valence-electron chi connectivity index (χ0n) is 19.6. The first-order valence-corrected chi connectivity index (χ1v) is 12.6. The zero-order chi connectivity index (χ0) is 27.6. The Hall–Kier alpha value is -3.68. The van der Waals surface area contributed by atoms with Crippen LogP contribution in [0.25, 0.3) is 0 Å². The van der Waals surface area contributed by atoms with Crippen molar-refractivity contribution in [2.75, 3.05) is 17.5 Å². The van der Waals surface area contributed by atoms with E-state index in [4.69, 9.17) is 9.90 Å². The molecule has 0 fully saturated rings. The second-order valence-corrected chi connectivity index (χ2v) is 9.65. The second kappa shape index (κ2) is 13.0. The molecule has 3 rings (SSSR count). The molecule has 37 heavy (non-hydrogen) atoms. The van der Waals surface area contributed by atoms with E-state index < -0.39 is 28.3 Å². The summed E-state index contributed by atoms with van der Waals surface area (Å²) in [4.78, 5) is 13.0. The van der Waals surface area contributed by atoms with Crippen LogP contribution in [-0.4, -0.2) is 53.7 Å². The molecule has 0 aliphatic rings. The van der Waals surface area contributed by atoms with Gasteiger partial charge in [-0.1, -0.05) is 36.4 Å². The van der Waals surface area contributed by atoms with E-state index in [0.717, 1.165) is 23.8 Å². The van der Waals surface area contributed by atoms with Gasteiger partial charge >= 0.3 is 12.1 Å². The van der Waals surface area contributed by atoms with Gasteiger partial charge in [-0.05, 0) is 47.4 Å². The number of alkyl halides is 3. The number of aromatic hydroxyl groups is 1. The summed E-state index contributed by atoms with van der Waals surface area (Å²) in [7, 11) is -3.55. The molecule has 0 aliphatic heterocycles. The molecule has 2 atom stereocenters. The number of pyridine rings is 1. The maximum absolute atomic E-state index is 11.5. The molecule has 1 heterocycles. The molecule has 1 aromatic heterocycles. The van der Waals surface area contributed by atoms with Gasteiger partial charge in [-0.2, -0.15) is 13.2 Å². The van der Waals surface area contributed by atoms with Crippen LogP contribution in [0.3, 0.4) is 0 Å². The number of phenols is 1. The average Bonchev–Trinajstić information content (AvgIpc) is 2.83. The van der Waals surface area contributed by atoms with Crippen LogP contribution in [0.2, 0.25) is 0 Å². The molecule has 0 aliphatic carbocycles. The number of carboxylic acid groups (broad SMARTS) is 1. The highest BCUT2D eigenvalue weighted by Crippen LogP contribution is 2.28. The minimum absolute atomic E-state index is 0.0315. The first-order chi connectivity index (χ1) is 17.3. The first-order valence-electron chi connectivity index (χ1n) is 10.7. The predicted octanol–water partition coefficient (Wildman–Crippen LogP) is 3.40. The molecule has 0 radical (unpaired) electrons. The van der Waals surface area contributed by atoms with Gasteiger partial charge in [-0.3, -0.25) is 9.71 Å². The van der Waals surface area contributed by atoms with E-state index in [-0.39, 0.29) is 24.0 Å². The van der Waals surface area contributed by atoms with E-state index in [0.29, 0.717) is 5.56 Å². The summed E-state index contributed by atoms with van der Waals surface area (Å²) in [5.41, 5.74) is 2.72. The number of aliphatic carboxylic acids is 1. The summed E-state index contributed by atoms with van der Waals surface area (Å²) in [6.45, 7) is 0.239. The van der Waals surface area contributed by atoms with Gasteiger partial charge in [0.05, 0.1) is 18.0 Å². The average molecular weight is 542 g/mol. The molecule has 1 unspecified atom stereocenters. The van der Waals surface area contributed by atoms with Crippen LogP contribution in [0.5, 0.6) is 5.75 Å². The Kier molecular flexibility index (Phi) is 10.4. The number of hydrogen-bond donors (Lipinski definition) is 5. The number of rotatable bonds is 9. The van der Waals surface area contributed by atoms with Crippen LogP contribution in [0.4, 0.5) is 18.9 Å². The van der Waals surface area contributed by atoms with Crippen molar-refractivity contribution in [2.45, 2.75) is 24.7 Å². The van der Waals surface area contributed by atoms with Gasteiger partial charge in [0, 0.05) is 25.0 Å². The molecule has 200 valence electrons. The highest BCUT2D eigenvalue weighted by Gasteiger charge is 2.38. The fourth-order valence-electron chi connectivity index (χ4n) is 3.17. The fourth-order valence-corrected chi connectivity index (χ4v) is 3.73. The number of phenolic OH excluding ortho intramolecular Hbond substituents is 1. The second-order valence-electron chi connectivity index (χ2n) is 7.90. The molecule has 0 spiro atoms. The number of halogens is 3. The van der Waals surface area contributed by atoms with Gasteiger partial charge in [-0.25, -0.2) is 13.2 Å². The summed E-state index contributed by atoms with van der Waals surface area (Å²) < 4.78 is 56.9. The Morgan fingerprint density at radius 2 is 1.62 bits per heavy atom. The summed E-state index contributed by atoms with van der Waals surface area (Å²) in [5.74, 6) is -2.96. The Balaban J connectivity index is 0.000000604. The first kappa shape index (κ1) is 29.5. The van der Waals surface area contributed by atoms with Crippen molar-refractivity contribution in [2.24, 2.45) is 0 Å². The summed E-state index contributed by atoms with van der Waals surface area (Å²) >= 11 is 0. The zero-order valence-corrected chi connectivity index (χ0v) is 20.4. The van der Waals surface area contributed by atoms with E-state index in [9.17, 15) is 31.8 Å². The summed E-state index contributed by atoms with van der Waals surface area (Å²) in [6.07, 6.45) is -0.789. The lowest BCUT2D eigenvalue weighted by molar-refractivity contribution is -0.192. The normalized spacial score (nSPS) is 13.1. The number of anilines is 1. The SMILES string of the molecule is CS(=O)(=O)Nc1cc([C@@H](O)CNC(Cc2ccccc2)c2ccncc2)ccc1O.O=C(O)C(F)(F)F. The largest absolute Gasteiger partial charge is 0.506 e. The Morgan fingerprint density at radius 3 is 2.16 bits per heavy atom. The Morgan fingerprint density at radius 1 is 1.03 bits per heavy atom. The fraction of sp³-hybridized carbons (Fsp3) is 0.250. The van der Waals surface area contributed by atoms with Crippen molar-refractivity contribution in [3.8, 4) is 5.75 Å². The molecule has 0 saturated heterocycles. The van der Waals surface area contributed by atoms with Crippen LogP contribution < -0.4 is 10.0 Å². The molecule has 3 aromatic rings. The summed E-state index contributed by atoms with van der Waals surface area (Å²) in [5, 5.41) is 31.1. The third-order valence-electron chi connectivity index (χ3n) is 4.89. The van der Waals surface area contributed by atoms with Gasteiger partial charge in [-0.15, -0.1) is 0 Å². The minimum Gasteiger partial charge on any atom is -0.506 e. The standard InChI is InChI=1S/C22H25N3O4S.C2HF3O2/c1-30(28,29)25-20-14-18(7-8-21(20)26)22(27)15-24-19(17-9-11-23-12-10-17)13-16-5-3-2-4-6-16;3-2(4,5)1(6)7/h2-12,14,19,22,24-27H,13,15H2,1H3;(H,6,7)/t19?,22-;/m0./s1. The minimum atomic E-state index is -5.08.